The first-order valence-corrected chi connectivity index (χ1v) is 5.36. The van der Waals surface area contributed by atoms with Crippen LogP contribution in [0.4, 0.5) is 0 Å². The summed E-state index contributed by atoms with van der Waals surface area (Å²) in [5.41, 5.74) is 1.74. The Balaban J connectivity index is 2.61. The van der Waals surface area contributed by atoms with Gasteiger partial charge in [0.2, 0.25) is 5.82 Å². The van der Waals surface area contributed by atoms with Gasteiger partial charge in [0.25, 0.3) is 0 Å². The zero-order chi connectivity index (χ0) is 12.1. The van der Waals surface area contributed by atoms with Gasteiger partial charge in [0.15, 0.2) is 0 Å². The first kappa shape index (κ1) is 11.1. The summed E-state index contributed by atoms with van der Waals surface area (Å²) in [5, 5.41) is 9.05. The molecule has 5 heteroatoms. The molecule has 1 N–H and O–H groups in total. The molecule has 0 spiro atoms. The zero-order valence-electron chi connectivity index (χ0n) is 10.1. The minimum atomic E-state index is -0.963. The van der Waals surface area contributed by atoms with Gasteiger partial charge in [0.1, 0.15) is 0 Å². The molecule has 0 atom stereocenters. The number of aromatic nitrogens is 2. The lowest BCUT2D eigenvalue weighted by Gasteiger charge is -2.38. The Bertz CT molecular complexity index is 448. The van der Waals surface area contributed by atoms with Crippen molar-refractivity contribution in [1.29, 1.82) is 0 Å². The summed E-state index contributed by atoms with van der Waals surface area (Å²) in [7, 11) is 3.81. The third-order valence-corrected chi connectivity index (χ3v) is 3.62. The van der Waals surface area contributed by atoms with Crippen LogP contribution in [0.3, 0.4) is 0 Å². The zero-order valence-corrected chi connectivity index (χ0v) is 10.1. The minimum absolute atomic E-state index is 0.133. The molecular formula is C11H17N3O2. The van der Waals surface area contributed by atoms with Crippen LogP contribution in [0.2, 0.25) is 0 Å². The molecule has 2 rings (SSSR count). The number of aromatic carboxylic acids is 1. The molecule has 88 valence electrons. The van der Waals surface area contributed by atoms with E-state index in [0.29, 0.717) is 0 Å². The number of rotatable bonds is 1. The van der Waals surface area contributed by atoms with Gasteiger partial charge >= 0.3 is 5.97 Å². The Morgan fingerprint density at radius 2 is 2.06 bits per heavy atom. The van der Waals surface area contributed by atoms with Crippen molar-refractivity contribution in [3.8, 4) is 0 Å². The quantitative estimate of drug-likeness (QED) is 0.766. The molecule has 1 aliphatic rings. The molecule has 0 unspecified atom stereocenters. The molecule has 0 bridgehead atoms. The molecule has 0 radical (unpaired) electrons. The van der Waals surface area contributed by atoms with Crippen molar-refractivity contribution in [3.63, 3.8) is 0 Å². The molecule has 5 nitrogen and oxygen atoms in total. The van der Waals surface area contributed by atoms with Gasteiger partial charge in [-0.25, -0.2) is 9.78 Å². The highest BCUT2D eigenvalue weighted by Gasteiger charge is 2.37. The summed E-state index contributed by atoms with van der Waals surface area (Å²) in [6, 6.07) is 0. The largest absolute Gasteiger partial charge is 0.475 e. The SMILES string of the molecule is CN1CCc2c(nc(C(=O)O)n2C)C1(C)C. The van der Waals surface area contributed by atoms with E-state index in [4.69, 9.17) is 5.11 Å². The second-order valence-corrected chi connectivity index (χ2v) is 4.83. The first-order valence-electron chi connectivity index (χ1n) is 5.36. The summed E-state index contributed by atoms with van der Waals surface area (Å²) in [6.45, 7) is 5.08. The van der Waals surface area contributed by atoms with E-state index in [9.17, 15) is 4.79 Å². The molecular weight excluding hydrogens is 206 g/mol. The normalized spacial score (nSPS) is 19.5. The third-order valence-electron chi connectivity index (χ3n) is 3.62. The van der Waals surface area contributed by atoms with E-state index in [1.807, 2.05) is 7.05 Å². The average Bonchev–Trinajstić information content (AvgIpc) is 2.51. The predicted molar refractivity (Wildman–Crippen MR) is 59.5 cm³/mol. The van der Waals surface area contributed by atoms with Crippen LogP contribution in [0.25, 0.3) is 0 Å². The maximum absolute atomic E-state index is 11.0. The van der Waals surface area contributed by atoms with Crippen molar-refractivity contribution in [2.45, 2.75) is 25.8 Å². The molecule has 0 saturated carbocycles. The summed E-state index contributed by atoms with van der Waals surface area (Å²) in [6.07, 6.45) is 0.853. The van der Waals surface area contributed by atoms with Crippen molar-refractivity contribution < 1.29 is 9.90 Å². The van der Waals surface area contributed by atoms with Gasteiger partial charge in [0.05, 0.1) is 11.2 Å². The molecule has 0 saturated heterocycles. The number of carboxylic acids is 1. The monoisotopic (exact) mass is 223 g/mol. The molecule has 0 aromatic carbocycles. The summed E-state index contributed by atoms with van der Waals surface area (Å²) >= 11 is 0. The van der Waals surface area contributed by atoms with E-state index in [2.05, 4.69) is 23.7 Å². The fourth-order valence-electron chi connectivity index (χ4n) is 2.23. The van der Waals surface area contributed by atoms with Crippen LogP contribution in [0, 0.1) is 0 Å². The molecule has 0 aliphatic carbocycles. The van der Waals surface area contributed by atoms with Gasteiger partial charge in [-0.2, -0.15) is 0 Å². The standard InChI is InChI=1S/C11H17N3O2/c1-11(2)8-7(5-6-13(11)3)14(4)9(12-8)10(15)16/h5-6H2,1-4H3,(H,15,16). The lowest BCUT2D eigenvalue weighted by molar-refractivity contribution is 0.0679. The van der Waals surface area contributed by atoms with Crippen molar-refractivity contribution in [3.05, 3.63) is 17.2 Å². The van der Waals surface area contributed by atoms with E-state index in [1.165, 1.54) is 0 Å². The first-order chi connectivity index (χ1) is 7.35. The fraction of sp³-hybridized carbons (Fsp3) is 0.636. The van der Waals surface area contributed by atoms with E-state index < -0.39 is 5.97 Å². The highest BCUT2D eigenvalue weighted by atomic mass is 16.4. The number of nitrogens with zero attached hydrogens (tertiary/aromatic N) is 3. The maximum Gasteiger partial charge on any atom is 0.372 e. The fourth-order valence-corrected chi connectivity index (χ4v) is 2.23. The molecule has 1 aliphatic heterocycles. The Labute approximate surface area is 94.7 Å². The van der Waals surface area contributed by atoms with Gasteiger partial charge < -0.3 is 9.67 Å². The van der Waals surface area contributed by atoms with Crippen molar-refractivity contribution in [2.24, 2.45) is 7.05 Å². The molecule has 1 aromatic rings. The van der Waals surface area contributed by atoms with Crippen molar-refractivity contribution in [1.82, 2.24) is 14.5 Å². The molecule has 0 amide bonds. The Kier molecular flexibility index (Phi) is 2.31. The lowest BCUT2D eigenvalue weighted by Crippen LogP contribution is -2.44. The predicted octanol–water partition coefficient (Wildman–Crippen LogP) is 0.841. The Morgan fingerprint density at radius 3 is 2.62 bits per heavy atom. The highest BCUT2D eigenvalue weighted by Crippen LogP contribution is 2.33. The van der Waals surface area contributed by atoms with Gasteiger partial charge in [-0.05, 0) is 20.9 Å². The number of carboxylic acid groups (broad SMARTS) is 1. The van der Waals surface area contributed by atoms with Crippen LogP contribution in [0.15, 0.2) is 0 Å². The van der Waals surface area contributed by atoms with Crippen LogP contribution in [-0.4, -0.2) is 39.1 Å². The van der Waals surface area contributed by atoms with Gasteiger partial charge in [-0.1, -0.05) is 0 Å². The lowest BCUT2D eigenvalue weighted by atomic mass is 9.91. The summed E-state index contributed by atoms with van der Waals surface area (Å²) in [5.74, 6) is -0.830. The third kappa shape index (κ3) is 1.35. The molecule has 0 fully saturated rings. The summed E-state index contributed by atoms with van der Waals surface area (Å²) < 4.78 is 1.70. The van der Waals surface area contributed by atoms with E-state index in [1.54, 1.807) is 11.6 Å². The van der Waals surface area contributed by atoms with E-state index >= 15 is 0 Å². The number of hydrogen-bond donors (Lipinski definition) is 1. The number of carbonyl (C=O) groups is 1. The van der Waals surface area contributed by atoms with Crippen molar-refractivity contribution >= 4 is 5.97 Å². The van der Waals surface area contributed by atoms with Crippen LogP contribution in [-0.2, 0) is 19.0 Å². The molecule has 1 aromatic heterocycles. The second-order valence-electron chi connectivity index (χ2n) is 4.83. The van der Waals surface area contributed by atoms with Gasteiger partial charge in [0, 0.05) is 25.7 Å². The highest BCUT2D eigenvalue weighted by molar-refractivity contribution is 5.84. The van der Waals surface area contributed by atoms with E-state index in [0.717, 1.165) is 24.4 Å². The molecule has 2 heterocycles. The maximum atomic E-state index is 11.0. The minimum Gasteiger partial charge on any atom is -0.475 e. The number of likely N-dealkylation sites (N-methyl/N-ethyl adjacent to an activating group) is 1. The second kappa shape index (κ2) is 3.31. The van der Waals surface area contributed by atoms with Crippen LogP contribution < -0.4 is 0 Å². The average molecular weight is 223 g/mol. The smallest absolute Gasteiger partial charge is 0.372 e. The van der Waals surface area contributed by atoms with Gasteiger partial charge in [-0.15, -0.1) is 0 Å². The number of fused-ring (bicyclic) bond motifs is 1. The van der Waals surface area contributed by atoms with Crippen LogP contribution in [0.1, 0.15) is 35.9 Å². The van der Waals surface area contributed by atoms with Crippen LogP contribution >= 0.6 is 0 Å². The number of imidazole rings is 1. The number of hydrogen-bond acceptors (Lipinski definition) is 3. The topological polar surface area (TPSA) is 58.4 Å². The van der Waals surface area contributed by atoms with Crippen molar-refractivity contribution in [2.75, 3.05) is 13.6 Å². The Morgan fingerprint density at radius 1 is 1.44 bits per heavy atom. The van der Waals surface area contributed by atoms with Crippen LogP contribution in [0.5, 0.6) is 0 Å². The summed E-state index contributed by atoms with van der Waals surface area (Å²) in [4.78, 5) is 17.5. The van der Waals surface area contributed by atoms with Gasteiger partial charge in [-0.3, -0.25) is 4.90 Å². The molecule has 16 heavy (non-hydrogen) atoms. The Hall–Kier alpha value is -1.36. The van der Waals surface area contributed by atoms with E-state index in [-0.39, 0.29) is 11.4 Å².